The summed E-state index contributed by atoms with van der Waals surface area (Å²) in [5.41, 5.74) is 8.96. The molecule has 0 atom stereocenters. The number of carboxylic acid groups (broad SMARTS) is 1. The molecule has 33 heavy (non-hydrogen) atoms. The minimum Gasteiger partial charge on any atom is -0.478 e. The quantitative estimate of drug-likeness (QED) is 0.330. The monoisotopic (exact) mass is 463 g/mol. The number of nitrogens with zero attached hydrogens (tertiary/aromatic N) is 1. The molecule has 4 rings (SSSR count). The molecule has 0 aliphatic heterocycles. The zero-order valence-corrected chi connectivity index (χ0v) is 18.5. The van der Waals surface area contributed by atoms with Crippen molar-refractivity contribution in [1.82, 2.24) is 10.3 Å². The van der Waals surface area contributed by atoms with Crippen LogP contribution in [-0.2, 0) is 11.3 Å². The zero-order chi connectivity index (χ0) is 23.8. The van der Waals surface area contributed by atoms with Gasteiger partial charge >= 0.3 is 5.97 Å². The number of aromatic carboxylic acids is 1. The molecule has 4 aromatic rings. The van der Waals surface area contributed by atoms with Crippen LogP contribution in [0.5, 0.6) is 0 Å². The zero-order valence-electron chi connectivity index (χ0n) is 17.8. The molecule has 0 aliphatic carbocycles. The highest BCUT2D eigenvalue weighted by molar-refractivity contribution is 6.35. The summed E-state index contributed by atoms with van der Waals surface area (Å²) in [6, 6.07) is 15.8. The van der Waals surface area contributed by atoms with Crippen LogP contribution in [0.15, 0.2) is 71.3 Å². The Morgan fingerprint density at radius 1 is 1.15 bits per heavy atom. The van der Waals surface area contributed by atoms with E-state index in [4.69, 9.17) is 26.9 Å². The number of rotatable bonds is 6. The van der Waals surface area contributed by atoms with Gasteiger partial charge in [-0.25, -0.2) is 9.78 Å². The Labute approximate surface area is 195 Å². The molecule has 0 radical (unpaired) electrons. The summed E-state index contributed by atoms with van der Waals surface area (Å²) in [5.74, 6) is 0.202. The van der Waals surface area contributed by atoms with Gasteiger partial charge in [0.15, 0.2) is 5.58 Å². The largest absolute Gasteiger partial charge is 0.478 e. The lowest BCUT2D eigenvalue weighted by atomic mass is 10.0. The van der Waals surface area contributed by atoms with Crippen LogP contribution in [0, 0.1) is 0 Å². The van der Waals surface area contributed by atoms with E-state index in [1.807, 2.05) is 37.3 Å². The molecule has 2 aromatic carbocycles. The topological polar surface area (TPSA) is 118 Å². The number of anilines is 1. The molecule has 0 aliphatic rings. The molecule has 0 saturated carbocycles. The maximum atomic E-state index is 10.9. The summed E-state index contributed by atoms with van der Waals surface area (Å²) < 4.78 is 5.61. The van der Waals surface area contributed by atoms with E-state index in [0.29, 0.717) is 28.6 Å². The number of nitrogen functional groups attached to an aromatic ring is 1. The van der Waals surface area contributed by atoms with Crippen LogP contribution in [0.25, 0.3) is 28.2 Å². The molecule has 168 valence electrons. The smallest absolute Gasteiger partial charge is 0.335 e. The van der Waals surface area contributed by atoms with Crippen molar-refractivity contribution in [3.05, 3.63) is 88.8 Å². The van der Waals surface area contributed by atoms with Crippen molar-refractivity contribution >= 4 is 46.8 Å². The van der Waals surface area contributed by atoms with Crippen LogP contribution in [-0.4, -0.2) is 22.5 Å². The van der Waals surface area contributed by atoms with Crippen LogP contribution < -0.4 is 11.1 Å². The number of pyridine rings is 1. The van der Waals surface area contributed by atoms with Crippen LogP contribution in [0.4, 0.5) is 5.82 Å². The van der Waals surface area contributed by atoms with Crippen molar-refractivity contribution in [2.24, 2.45) is 0 Å². The summed E-state index contributed by atoms with van der Waals surface area (Å²) in [5, 5.41) is 12.7. The highest BCUT2D eigenvalue weighted by Crippen LogP contribution is 2.33. The van der Waals surface area contributed by atoms with E-state index in [-0.39, 0.29) is 12.1 Å². The summed E-state index contributed by atoms with van der Waals surface area (Å²) >= 11 is 6.26. The molecule has 7 nitrogen and oxygen atoms in total. The van der Waals surface area contributed by atoms with Crippen molar-refractivity contribution in [3.8, 4) is 11.1 Å². The third kappa shape index (κ3) is 6.21. The number of carboxylic acids is 1. The molecule has 8 heteroatoms. The number of amides is 1. The molecule has 2 heterocycles. The number of furan rings is 1. The van der Waals surface area contributed by atoms with Gasteiger partial charge in [-0.1, -0.05) is 35.9 Å². The van der Waals surface area contributed by atoms with E-state index < -0.39 is 5.97 Å². The standard InChI is InChI=1S/C17H12ClNO4.C8H10N2/c18-15-7-12(10-1-3-11(4-2-10)17(21)22)5-13-6-14(8-19-9-20)23-16(13)15;1-2-3-7-4-5-8(9)10-6-7/h1-7,9H,8H2,(H,19,20)(H,21,22);2-6H,1H3,(H2,9,10)/b;3-2+. The molecule has 0 bridgehead atoms. The van der Waals surface area contributed by atoms with E-state index in [9.17, 15) is 9.59 Å². The molecule has 0 saturated heterocycles. The first-order valence-electron chi connectivity index (χ1n) is 9.98. The Morgan fingerprint density at radius 3 is 2.52 bits per heavy atom. The maximum Gasteiger partial charge on any atom is 0.335 e. The summed E-state index contributed by atoms with van der Waals surface area (Å²) in [4.78, 5) is 25.2. The number of hydrogen-bond acceptors (Lipinski definition) is 5. The first-order chi connectivity index (χ1) is 15.9. The Hall–Kier alpha value is -4.10. The molecular formula is C25H22ClN3O4. The van der Waals surface area contributed by atoms with Gasteiger partial charge in [0.1, 0.15) is 11.6 Å². The predicted octanol–water partition coefficient (Wildman–Crippen LogP) is 5.39. The van der Waals surface area contributed by atoms with E-state index in [2.05, 4.69) is 10.3 Å². The highest BCUT2D eigenvalue weighted by atomic mass is 35.5. The van der Waals surface area contributed by atoms with Gasteiger partial charge in [0.05, 0.1) is 17.1 Å². The third-order valence-electron chi connectivity index (χ3n) is 4.62. The highest BCUT2D eigenvalue weighted by Gasteiger charge is 2.11. The number of fused-ring (bicyclic) bond motifs is 1. The van der Waals surface area contributed by atoms with Gasteiger partial charge in [-0.2, -0.15) is 0 Å². The number of benzene rings is 2. The summed E-state index contributed by atoms with van der Waals surface area (Å²) in [6.07, 6.45) is 6.29. The van der Waals surface area contributed by atoms with Gasteiger partial charge in [-0.3, -0.25) is 4.79 Å². The number of carbonyl (C=O) groups excluding carboxylic acids is 1. The molecule has 0 unspecified atom stereocenters. The number of aromatic nitrogens is 1. The second kappa shape index (κ2) is 11.0. The second-order valence-corrected chi connectivity index (χ2v) is 7.39. The van der Waals surface area contributed by atoms with Crippen LogP contribution >= 0.6 is 11.6 Å². The molecule has 0 spiro atoms. The molecular weight excluding hydrogens is 442 g/mol. The van der Waals surface area contributed by atoms with Gasteiger partial charge in [0.2, 0.25) is 6.41 Å². The van der Waals surface area contributed by atoms with Crippen molar-refractivity contribution in [2.45, 2.75) is 13.5 Å². The lowest BCUT2D eigenvalue weighted by Crippen LogP contribution is -2.08. The van der Waals surface area contributed by atoms with E-state index in [1.54, 1.807) is 42.6 Å². The lowest BCUT2D eigenvalue weighted by molar-refractivity contribution is -0.109. The lowest BCUT2D eigenvalue weighted by Gasteiger charge is -2.04. The number of allylic oxidation sites excluding steroid dienone is 1. The first-order valence-corrected chi connectivity index (χ1v) is 10.4. The van der Waals surface area contributed by atoms with E-state index >= 15 is 0 Å². The van der Waals surface area contributed by atoms with Crippen molar-refractivity contribution in [2.75, 3.05) is 5.73 Å². The average Bonchev–Trinajstić information content (AvgIpc) is 3.23. The molecule has 2 aromatic heterocycles. The fraction of sp³-hybridized carbons (Fsp3) is 0.0800. The fourth-order valence-electron chi connectivity index (χ4n) is 3.07. The normalized spacial score (nSPS) is 10.6. The number of nitrogens with two attached hydrogens (primary N) is 1. The Kier molecular flexibility index (Phi) is 7.83. The van der Waals surface area contributed by atoms with Crippen LogP contribution in [0.1, 0.15) is 28.6 Å². The number of carbonyl (C=O) groups is 2. The summed E-state index contributed by atoms with van der Waals surface area (Å²) in [6.45, 7) is 2.26. The Bertz CT molecular complexity index is 1280. The van der Waals surface area contributed by atoms with Crippen LogP contribution in [0.3, 0.4) is 0 Å². The van der Waals surface area contributed by atoms with Gasteiger partial charge in [0, 0.05) is 11.6 Å². The molecule has 0 fully saturated rings. The second-order valence-electron chi connectivity index (χ2n) is 6.99. The van der Waals surface area contributed by atoms with Gasteiger partial charge < -0.3 is 20.6 Å². The summed E-state index contributed by atoms with van der Waals surface area (Å²) in [7, 11) is 0. The average molecular weight is 464 g/mol. The number of halogens is 1. The Balaban J connectivity index is 0.000000257. The van der Waals surface area contributed by atoms with Crippen LogP contribution in [0.2, 0.25) is 5.02 Å². The minimum atomic E-state index is -0.966. The molecule has 4 N–H and O–H groups in total. The Morgan fingerprint density at radius 2 is 1.91 bits per heavy atom. The predicted molar refractivity (Wildman–Crippen MR) is 130 cm³/mol. The van der Waals surface area contributed by atoms with Gasteiger partial charge in [-0.05, 0) is 66.1 Å². The van der Waals surface area contributed by atoms with Gasteiger partial charge in [0.25, 0.3) is 0 Å². The number of hydrogen-bond donors (Lipinski definition) is 3. The number of nitrogens with one attached hydrogen (secondary N) is 1. The third-order valence-corrected chi connectivity index (χ3v) is 4.90. The van der Waals surface area contributed by atoms with Crippen molar-refractivity contribution in [1.29, 1.82) is 0 Å². The van der Waals surface area contributed by atoms with Crippen molar-refractivity contribution in [3.63, 3.8) is 0 Å². The maximum absolute atomic E-state index is 10.9. The van der Waals surface area contributed by atoms with E-state index in [1.165, 1.54) is 0 Å². The SMILES string of the molecule is C/C=C/c1ccc(N)nc1.O=CNCc1cc2cc(-c3ccc(C(=O)O)cc3)cc(Cl)c2o1. The molecule has 1 amide bonds. The fourth-order valence-corrected chi connectivity index (χ4v) is 3.34. The first kappa shape index (κ1) is 23.6. The van der Waals surface area contributed by atoms with Crippen molar-refractivity contribution < 1.29 is 19.1 Å². The van der Waals surface area contributed by atoms with E-state index in [0.717, 1.165) is 22.1 Å². The minimum absolute atomic E-state index is 0.228. The van der Waals surface area contributed by atoms with Gasteiger partial charge in [-0.15, -0.1) is 0 Å².